The summed E-state index contributed by atoms with van der Waals surface area (Å²) in [5, 5.41) is 11.6. The minimum absolute atomic E-state index is 0.0754. The molecule has 4 heterocycles. The Hall–Kier alpha value is -4.05. The molecule has 1 saturated carbocycles. The summed E-state index contributed by atoms with van der Waals surface area (Å²) < 4.78 is 2.26. The summed E-state index contributed by atoms with van der Waals surface area (Å²) in [6.07, 6.45) is 12.1. The highest BCUT2D eigenvalue weighted by molar-refractivity contribution is 6.02. The van der Waals surface area contributed by atoms with E-state index in [-0.39, 0.29) is 11.9 Å². The number of hydrogen-bond donors (Lipinski definition) is 2. The smallest absolute Gasteiger partial charge is 0.246 e. The molecule has 2 aliphatic rings. The Morgan fingerprint density at radius 1 is 1.18 bits per heavy atom. The molecule has 0 unspecified atom stereocenters. The molecule has 1 aliphatic carbocycles. The largest absolute Gasteiger partial charge is 0.383 e. The third-order valence-electron chi connectivity index (χ3n) is 8.10. The van der Waals surface area contributed by atoms with Crippen LogP contribution in [0.4, 0.5) is 5.82 Å². The second-order valence-electron chi connectivity index (χ2n) is 10.7. The van der Waals surface area contributed by atoms with Crippen LogP contribution in [0.1, 0.15) is 42.3 Å². The summed E-state index contributed by atoms with van der Waals surface area (Å²) in [6, 6.07) is 9.41. The number of nitrogens with one attached hydrogen (secondary N) is 1. The molecule has 0 spiro atoms. The number of nitrogen functional groups attached to an aromatic ring is 1. The van der Waals surface area contributed by atoms with Gasteiger partial charge in [-0.05, 0) is 57.2 Å². The van der Waals surface area contributed by atoms with E-state index in [2.05, 4.69) is 73.1 Å². The summed E-state index contributed by atoms with van der Waals surface area (Å²) in [7, 11) is 2.12. The normalized spacial score (nSPS) is 17.7. The maximum Gasteiger partial charge on any atom is 0.246 e. The third kappa shape index (κ3) is 5.16. The van der Waals surface area contributed by atoms with E-state index in [0.717, 1.165) is 65.9 Å². The van der Waals surface area contributed by atoms with Crippen molar-refractivity contribution >= 4 is 22.8 Å². The predicted octanol–water partition coefficient (Wildman–Crippen LogP) is 3.32. The minimum atomic E-state index is 0.0754. The van der Waals surface area contributed by atoms with Crippen molar-refractivity contribution in [3.8, 4) is 11.1 Å². The van der Waals surface area contributed by atoms with Crippen LogP contribution in [0.2, 0.25) is 0 Å². The predicted molar refractivity (Wildman–Crippen MR) is 151 cm³/mol. The number of benzene rings is 1. The third-order valence-corrected chi connectivity index (χ3v) is 8.10. The molecular weight excluding hydrogens is 490 g/mol. The van der Waals surface area contributed by atoms with E-state index < -0.39 is 0 Å². The zero-order valence-electron chi connectivity index (χ0n) is 22.5. The van der Waals surface area contributed by atoms with Gasteiger partial charge < -0.3 is 15.2 Å². The summed E-state index contributed by atoms with van der Waals surface area (Å²) in [5.74, 6) is 0.548. The van der Waals surface area contributed by atoms with E-state index in [1.54, 1.807) is 12.3 Å². The van der Waals surface area contributed by atoms with Gasteiger partial charge in [0.2, 0.25) is 5.91 Å². The van der Waals surface area contributed by atoms with Gasteiger partial charge in [0, 0.05) is 43.0 Å². The van der Waals surface area contributed by atoms with E-state index in [9.17, 15) is 4.79 Å². The molecule has 1 atom stereocenters. The van der Waals surface area contributed by atoms with Crippen LogP contribution in [-0.4, -0.2) is 78.4 Å². The van der Waals surface area contributed by atoms with Crippen molar-refractivity contribution in [2.24, 2.45) is 0 Å². The molecule has 1 saturated heterocycles. The zero-order chi connectivity index (χ0) is 26.9. The second-order valence-corrected chi connectivity index (χ2v) is 10.7. The first-order chi connectivity index (χ1) is 19.0. The molecule has 0 bridgehead atoms. The number of anilines is 1. The molecule has 1 aliphatic heterocycles. The van der Waals surface area contributed by atoms with Crippen LogP contribution < -0.4 is 5.73 Å². The van der Waals surface area contributed by atoms with Crippen molar-refractivity contribution in [1.29, 1.82) is 0 Å². The number of likely N-dealkylation sites (tertiary alicyclic amines) is 1. The Bertz CT molecular complexity index is 1490. The molecule has 202 valence electrons. The highest BCUT2D eigenvalue weighted by Crippen LogP contribution is 2.39. The Morgan fingerprint density at radius 3 is 2.74 bits per heavy atom. The average molecular weight is 526 g/mol. The number of fused-ring (bicyclic) bond motifs is 1. The lowest BCUT2D eigenvalue weighted by Crippen LogP contribution is -2.28. The van der Waals surface area contributed by atoms with E-state index >= 15 is 0 Å². The van der Waals surface area contributed by atoms with Crippen LogP contribution in [0, 0.1) is 6.92 Å². The summed E-state index contributed by atoms with van der Waals surface area (Å²) in [5.41, 5.74) is 12.7. The molecule has 1 amide bonds. The zero-order valence-corrected chi connectivity index (χ0v) is 22.5. The number of carbonyl (C=O) groups is 1. The average Bonchev–Trinajstić information content (AvgIpc) is 3.31. The van der Waals surface area contributed by atoms with Gasteiger partial charge in [0.05, 0.1) is 23.3 Å². The van der Waals surface area contributed by atoms with Crippen molar-refractivity contribution in [2.75, 3.05) is 32.4 Å². The minimum Gasteiger partial charge on any atom is -0.383 e. The Labute approximate surface area is 227 Å². The lowest BCUT2D eigenvalue weighted by molar-refractivity contribution is -0.125. The van der Waals surface area contributed by atoms with Crippen molar-refractivity contribution in [2.45, 2.75) is 51.1 Å². The summed E-state index contributed by atoms with van der Waals surface area (Å²) in [6.45, 7) is 4.30. The molecule has 39 heavy (non-hydrogen) atoms. The van der Waals surface area contributed by atoms with E-state index in [1.165, 1.54) is 24.7 Å². The first-order valence-electron chi connectivity index (χ1n) is 13.7. The number of likely N-dealkylation sites (N-methyl/N-ethyl adjacent to an activating group) is 1. The number of nitrogens with two attached hydrogens (primary N) is 1. The van der Waals surface area contributed by atoms with Gasteiger partial charge in [-0.2, -0.15) is 15.4 Å². The van der Waals surface area contributed by atoms with Crippen LogP contribution in [-0.2, 0) is 17.6 Å². The Kier molecular flexibility index (Phi) is 6.86. The fraction of sp³-hybridized carbons (Fsp3) is 0.414. The van der Waals surface area contributed by atoms with Crippen LogP contribution in [0.5, 0.6) is 0 Å². The summed E-state index contributed by atoms with van der Waals surface area (Å²) in [4.78, 5) is 26.2. The van der Waals surface area contributed by atoms with Crippen molar-refractivity contribution in [1.82, 2.24) is 39.7 Å². The number of aromatic nitrogens is 6. The molecule has 4 aromatic rings. The standard InChI is InChI=1S/C29H35N9O/c1-19-26(21-8-5-20(6-9-21)7-10-22-16-33-35-34-22)27-28(30)31-18-32-29(27)38(19)24-13-15-37(17-24)25(39)4-3-14-36(2)23-11-12-23/h3-6,8-9,16,18,23-24H,7,10-15,17H2,1-2H3,(H2,30,31,32)(H,33,34,35)/t24-/m1/s1. The van der Waals surface area contributed by atoms with E-state index in [0.29, 0.717) is 18.4 Å². The molecule has 10 heteroatoms. The monoisotopic (exact) mass is 525 g/mol. The molecule has 10 nitrogen and oxygen atoms in total. The van der Waals surface area contributed by atoms with Crippen molar-refractivity contribution < 1.29 is 4.79 Å². The lowest BCUT2D eigenvalue weighted by Gasteiger charge is -2.18. The molecule has 6 rings (SSSR count). The molecule has 1 aromatic carbocycles. The maximum absolute atomic E-state index is 12.9. The van der Waals surface area contributed by atoms with E-state index in [1.807, 2.05) is 11.0 Å². The fourth-order valence-electron chi connectivity index (χ4n) is 5.77. The van der Waals surface area contributed by atoms with Gasteiger partial charge >= 0.3 is 0 Å². The first kappa shape index (κ1) is 25.2. The number of nitrogens with zero attached hydrogens (tertiary/aromatic N) is 7. The fourth-order valence-corrected chi connectivity index (χ4v) is 5.77. The van der Waals surface area contributed by atoms with Gasteiger partial charge in [-0.3, -0.25) is 9.69 Å². The topological polar surface area (TPSA) is 122 Å². The number of aryl methyl sites for hydroxylation is 2. The summed E-state index contributed by atoms with van der Waals surface area (Å²) >= 11 is 0. The number of carbonyl (C=O) groups excluding carboxylic acids is 1. The number of hydrogen-bond acceptors (Lipinski definition) is 7. The number of aromatic amines is 1. The number of H-pyrrole nitrogens is 1. The molecular formula is C29H35N9O. The second kappa shape index (κ2) is 10.6. The van der Waals surface area contributed by atoms with E-state index in [4.69, 9.17) is 5.73 Å². The number of rotatable bonds is 9. The van der Waals surface area contributed by atoms with Crippen LogP contribution in [0.25, 0.3) is 22.2 Å². The lowest BCUT2D eigenvalue weighted by atomic mass is 10.00. The highest BCUT2D eigenvalue weighted by Gasteiger charge is 2.31. The number of amides is 1. The van der Waals surface area contributed by atoms with Gasteiger partial charge in [-0.1, -0.05) is 30.3 Å². The Morgan fingerprint density at radius 2 is 2.00 bits per heavy atom. The van der Waals surface area contributed by atoms with Crippen molar-refractivity contribution in [3.05, 3.63) is 65.9 Å². The SMILES string of the molecule is Cc1c(-c2ccc(CCc3cn[nH]n3)cc2)c2c(N)ncnc2n1[C@@H]1CCN(C(=O)C=CCN(C)C2CC2)C1. The molecule has 3 N–H and O–H groups in total. The quantitative estimate of drug-likeness (QED) is 0.322. The molecule has 0 radical (unpaired) electrons. The van der Waals surface area contributed by atoms with Crippen molar-refractivity contribution in [3.63, 3.8) is 0 Å². The van der Waals surface area contributed by atoms with Gasteiger partial charge in [-0.25, -0.2) is 9.97 Å². The van der Waals surface area contributed by atoms with Gasteiger partial charge in [0.25, 0.3) is 0 Å². The van der Waals surface area contributed by atoms with Crippen LogP contribution >= 0.6 is 0 Å². The van der Waals surface area contributed by atoms with Gasteiger partial charge in [0.1, 0.15) is 17.8 Å². The van der Waals surface area contributed by atoms with Gasteiger partial charge in [-0.15, -0.1) is 0 Å². The maximum atomic E-state index is 12.9. The van der Waals surface area contributed by atoms with Crippen LogP contribution in [0.3, 0.4) is 0 Å². The highest BCUT2D eigenvalue weighted by atomic mass is 16.2. The molecule has 3 aromatic heterocycles. The van der Waals surface area contributed by atoms with Gasteiger partial charge in [0.15, 0.2) is 0 Å². The Balaban J connectivity index is 1.22. The molecule has 2 fully saturated rings. The van der Waals surface area contributed by atoms with Crippen LogP contribution in [0.15, 0.2) is 48.9 Å². The first-order valence-corrected chi connectivity index (χ1v) is 13.7.